The largest absolute Gasteiger partial charge is 0.387 e. The Hall–Kier alpha value is -1.22. The molecule has 3 rings (SSSR count). The Morgan fingerprint density at radius 3 is 2.48 bits per heavy atom. The summed E-state index contributed by atoms with van der Waals surface area (Å²) in [4.78, 5) is 9.82. The van der Waals surface area contributed by atoms with E-state index in [2.05, 4.69) is 0 Å². The number of non-ortho nitro benzene ring substituents is 1. The summed E-state index contributed by atoms with van der Waals surface area (Å²) in [6.07, 6.45) is 1.84. The maximum Gasteiger partial charge on any atom is 0.271 e. The Balaban J connectivity index is 1.84. The number of nitrogens with zero attached hydrogens (tertiary/aromatic N) is 2. The molecule has 0 spiro atoms. The van der Waals surface area contributed by atoms with Gasteiger partial charge < -0.3 is 5.11 Å². The molecule has 1 aromatic rings. The Morgan fingerprint density at radius 2 is 2.00 bits per heavy atom. The zero-order valence-corrected chi connectivity index (χ0v) is 12.5. The highest BCUT2D eigenvalue weighted by molar-refractivity contribution is 7.89. The molecule has 0 amide bonds. The quantitative estimate of drug-likeness (QED) is 0.663. The van der Waals surface area contributed by atoms with E-state index >= 15 is 0 Å². The molecule has 1 N–H and O–H groups in total. The second-order valence-electron chi connectivity index (χ2n) is 5.52. The SMILES string of the molecule is O=[N+]([O-])c1ccc(S(=O)(=O)N2CC(O)(C3CC3)C2)c(Cl)c1. The van der Waals surface area contributed by atoms with E-state index in [1.54, 1.807) is 0 Å². The first-order valence-electron chi connectivity index (χ1n) is 6.40. The lowest BCUT2D eigenvalue weighted by Gasteiger charge is -2.45. The molecule has 1 heterocycles. The van der Waals surface area contributed by atoms with Crippen LogP contribution in [0.2, 0.25) is 5.02 Å². The molecule has 114 valence electrons. The second-order valence-corrected chi connectivity index (χ2v) is 7.84. The van der Waals surface area contributed by atoms with Crippen molar-refractivity contribution in [1.82, 2.24) is 4.31 Å². The predicted molar refractivity (Wildman–Crippen MR) is 74.5 cm³/mol. The van der Waals surface area contributed by atoms with Crippen molar-refractivity contribution in [2.75, 3.05) is 13.1 Å². The van der Waals surface area contributed by atoms with Crippen LogP contribution in [-0.2, 0) is 10.0 Å². The van der Waals surface area contributed by atoms with E-state index in [1.807, 2.05) is 0 Å². The summed E-state index contributed by atoms with van der Waals surface area (Å²) >= 11 is 5.86. The van der Waals surface area contributed by atoms with E-state index in [0.717, 1.165) is 35.3 Å². The molecule has 2 fully saturated rings. The molecule has 0 bridgehead atoms. The minimum Gasteiger partial charge on any atom is -0.387 e. The second kappa shape index (κ2) is 4.64. The minimum absolute atomic E-state index is 0.0489. The van der Waals surface area contributed by atoms with Gasteiger partial charge in [-0.1, -0.05) is 11.6 Å². The van der Waals surface area contributed by atoms with Crippen molar-refractivity contribution in [3.8, 4) is 0 Å². The zero-order chi connectivity index (χ0) is 15.4. The van der Waals surface area contributed by atoms with Crippen LogP contribution in [0.15, 0.2) is 23.1 Å². The van der Waals surface area contributed by atoms with Gasteiger partial charge in [0.1, 0.15) is 4.90 Å². The first-order valence-corrected chi connectivity index (χ1v) is 8.22. The van der Waals surface area contributed by atoms with Gasteiger partial charge >= 0.3 is 0 Å². The summed E-state index contributed by atoms with van der Waals surface area (Å²) < 4.78 is 26.0. The maximum atomic E-state index is 12.4. The number of nitro groups is 1. The Kier molecular flexibility index (Phi) is 3.25. The van der Waals surface area contributed by atoms with Crippen molar-refractivity contribution < 1.29 is 18.4 Å². The van der Waals surface area contributed by atoms with Gasteiger partial charge in [-0.05, 0) is 24.8 Å². The summed E-state index contributed by atoms with van der Waals surface area (Å²) in [7, 11) is -3.83. The summed E-state index contributed by atoms with van der Waals surface area (Å²) in [6, 6.07) is 3.25. The molecular formula is C12H13ClN2O5S. The molecule has 0 radical (unpaired) electrons. The van der Waals surface area contributed by atoms with Crippen LogP contribution in [0.4, 0.5) is 5.69 Å². The molecule has 21 heavy (non-hydrogen) atoms. The van der Waals surface area contributed by atoms with E-state index in [9.17, 15) is 23.6 Å². The number of rotatable bonds is 4. The molecule has 2 aliphatic rings. The topological polar surface area (TPSA) is 101 Å². The van der Waals surface area contributed by atoms with Crippen LogP contribution in [-0.4, -0.2) is 41.4 Å². The van der Waals surface area contributed by atoms with Crippen LogP contribution in [0, 0.1) is 16.0 Å². The minimum atomic E-state index is -3.83. The number of sulfonamides is 1. The molecule has 0 aromatic heterocycles. The van der Waals surface area contributed by atoms with Crippen LogP contribution in [0.25, 0.3) is 0 Å². The number of halogens is 1. The zero-order valence-electron chi connectivity index (χ0n) is 10.9. The van der Waals surface area contributed by atoms with Crippen molar-refractivity contribution >= 4 is 27.3 Å². The molecule has 0 atom stereocenters. The fourth-order valence-corrected chi connectivity index (χ4v) is 4.64. The third-order valence-corrected chi connectivity index (χ3v) is 6.26. The van der Waals surface area contributed by atoms with E-state index < -0.39 is 20.5 Å². The fourth-order valence-electron chi connectivity index (χ4n) is 2.56. The molecular weight excluding hydrogens is 320 g/mol. The number of β-amino-alcohol motifs (C(OH)–C–C–N with tert-alkyl or cyclic N) is 1. The fraction of sp³-hybridized carbons (Fsp3) is 0.500. The Labute approximate surface area is 126 Å². The van der Waals surface area contributed by atoms with Crippen LogP contribution in [0.3, 0.4) is 0 Å². The normalized spacial score (nSPS) is 21.8. The van der Waals surface area contributed by atoms with Crippen LogP contribution >= 0.6 is 11.6 Å². The van der Waals surface area contributed by atoms with Crippen molar-refractivity contribution in [1.29, 1.82) is 0 Å². The van der Waals surface area contributed by atoms with Gasteiger partial charge in [0.05, 0.1) is 15.5 Å². The lowest BCUT2D eigenvalue weighted by Crippen LogP contribution is -2.64. The Morgan fingerprint density at radius 1 is 1.38 bits per heavy atom. The third kappa shape index (κ3) is 2.42. The lowest BCUT2D eigenvalue weighted by molar-refractivity contribution is -0.384. The van der Waals surface area contributed by atoms with E-state index in [0.29, 0.717) is 0 Å². The molecule has 1 saturated carbocycles. The number of hydrogen-bond donors (Lipinski definition) is 1. The smallest absolute Gasteiger partial charge is 0.271 e. The highest BCUT2D eigenvalue weighted by Crippen LogP contribution is 2.46. The third-order valence-electron chi connectivity index (χ3n) is 3.98. The van der Waals surface area contributed by atoms with Crippen LogP contribution in [0.5, 0.6) is 0 Å². The molecule has 9 heteroatoms. The number of aliphatic hydroxyl groups is 1. The molecule has 1 aromatic carbocycles. The average Bonchev–Trinajstić information content (AvgIpc) is 3.18. The maximum absolute atomic E-state index is 12.4. The molecule has 1 aliphatic carbocycles. The number of benzene rings is 1. The monoisotopic (exact) mass is 332 g/mol. The van der Waals surface area contributed by atoms with Gasteiger partial charge in [0.25, 0.3) is 5.69 Å². The molecule has 1 aliphatic heterocycles. The number of nitro benzene ring substituents is 1. The van der Waals surface area contributed by atoms with Crippen molar-refractivity contribution in [3.05, 3.63) is 33.3 Å². The standard InChI is InChI=1S/C12H13ClN2O5S/c13-10-5-9(15(17)18)3-4-11(10)21(19,20)14-6-12(16,7-14)8-1-2-8/h3-5,8,16H,1-2,6-7H2. The summed E-state index contributed by atoms with van der Waals surface area (Å²) in [6.45, 7) is 0.0979. The summed E-state index contributed by atoms with van der Waals surface area (Å²) in [5, 5.41) is 20.6. The van der Waals surface area contributed by atoms with Gasteiger partial charge in [-0.15, -0.1) is 0 Å². The highest BCUT2D eigenvalue weighted by atomic mass is 35.5. The van der Waals surface area contributed by atoms with Gasteiger partial charge in [-0.2, -0.15) is 4.31 Å². The van der Waals surface area contributed by atoms with Gasteiger partial charge in [0, 0.05) is 25.2 Å². The molecule has 0 unspecified atom stereocenters. The molecule has 1 saturated heterocycles. The summed E-state index contributed by atoms with van der Waals surface area (Å²) in [5.74, 6) is 0.177. The first-order chi connectivity index (χ1) is 9.74. The first kappa shape index (κ1) is 14.7. The van der Waals surface area contributed by atoms with E-state index in [-0.39, 0.29) is 34.6 Å². The predicted octanol–water partition coefficient (Wildman–Crippen LogP) is 1.39. The molecule has 7 nitrogen and oxygen atoms in total. The lowest BCUT2D eigenvalue weighted by atomic mass is 9.91. The average molecular weight is 333 g/mol. The van der Waals surface area contributed by atoms with E-state index in [4.69, 9.17) is 11.6 Å². The summed E-state index contributed by atoms with van der Waals surface area (Å²) in [5.41, 5.74) is -1.20. The van der Waals surface area contributed by atoms with Crippen LogP contribution in [0.1, 0.15) is 12.8 Å². The van der Waals surface area contributed by atoms with E-state index in [1.165, 1.54) is 0 Å². The van der Waals surface area contributed by atoms with Crippen LogP contribution < -0.4 is 0 Å². The van der Waals surface area contributed by atoms with Crippen molar-refractivity contribution in [3.63, 3.8) is 0 Å². The van der Waals surface area contributed by atoms with Gasteiger partial charge in [-0.25, -0.2) is 8.42 Å². The van der Waals surface area contributed by atoms with Gasteiger partial charge in [0.2, 0.25) is 10.0 Å². The van der Waals surface area contributed by atoms with Crippen molar-refractivity contribution in [2.45, 2.75) is 23.3 Å². The van der Waals surface area contributed by atoms with Gasteiger partial charge in [-0.3, -0.25) is 10.1 Å². The Bertz CT molecular complexity index is 710. The number of hydrogen-bond acceptors (Lipinski definition) is 5. The highest BCUT2D eigenvalue weighted by Gasteiger charge is 2.55. The van der Waals surface area contributed by atoms with Crippen molar-refractivity contribution in [2.24, 2.45) is 5.92 Å². The van der Waals surface area contributed by atoms with Gasteiger partial charge in [0.15, 0.2) is 0 Å².